The number of para-hydroxylation sites is 1. The van der Waals surface area contributed by atoms with Crippen molar-refractivity contribution in [3.8, 4) is 5.69 Å². The lowest BCUT2D eigenvalue weighted by Crippen LogP contribution is -2.18. The molecule has 2 aromatic heterocycles. The topological polar surface area (TPSA) is 103 Å². The van der Waals surface area contributed by atoms with Crippen LogP contribution in [0, 0.1) is 0 Å². The number of nitrogens with two attached hydrogens (primary N) is 1. The van der Waals surface area contributed by atoms with Crippen molar-refractivity contribution in [1.29, 1.82) is 0 Å². The van der Waals surface area contributed by atoms with Gasteiger partial charge < -0.3 is 11.1 Å². The minimum atomic E-state index is -0.567. The molecular weight excluding hydrogens is 346 g/mol. The molecule has 3 N–H and O–H groups in total. The minimum absolute atomic E-state index is 0.141. The van der Waals surface area contributed by atoms with Gasteiger partial charge >= 0.3 is 0 Å². The summed E-state index contributed by atoms with van der Waals surface area (Å²) in [5.41, 5.74) is 6.49. The molecule has 0 saturated carbocycles. The van der Waals surface area contributed by atoms with Gasteiger partial charge in [0.25, 0.3) is 5.91 Å². The Bertz CT molecular complexity index is 860. The first-order valence-corrected chi connectivity index (χ1v) is 8.77. The Labute approximate surface area is 145 Å². The second-order valence-electron chi connectivity index (χ2n) is 4.68. The number of anilines is 1. The molecule has 0 unspecified atom stereocenters. The number of hydrogen-bond acceptors (Lipinski definition) is 6. The summed E-state index contributed by atoms with van der Waals surface area (Å²) in [6, 6.07) is 11.2. The fourth-order valence-corrected chi connectivity index (χ4v) is 3.52. The zero-order chi connectivity index (χ0) is 16.9. The van der Waals surface area contributed by atoms with Crippen LogP contribution in [0.4, 0.5) is 5.00 Å². The molecule has 0 bridgehead atoms. The van der Waals surface area contributed by atoms with Crippen molar-refractivity contribution in [2.75, 3.05) is 11.1 Å². The van der Waals surface area contributed by atoms with Gasteiger partial charge in [-0.3, -0.25) is 14.2 Å². The van der Waals surface area contributed by atoms with Gasteiger partial charge in [0.05, 0.1) is 11.3 Å². The first-order chi connectivity index (χ1) is 11.6. The Hall–Kier alpha value is -2.65. The molecule has 0 aliphatic carbocycles. The van der Waals surface area contributed by atoms with E-state index in [-0.39, 0.29) is 11.7 Å². The maximum absolute atomic E-state index is 12.1. The van der Waals surface area contributed by atoms with Gasteiger partial charge in [-0.1, -0.05) is 30.0 Å². The molecule has 1 aromatic carbocycles. The molecule has 0 spiro atoms. The standard InChI is InChI=1S/C15H13N5O2S2/c16-13(22)11-6-7-23-14(11)18-12(21)8-24-15-19-17-9-20(15)10-4-2-1-3-5-10/h1-7,9H,8H2,(H2,16,22)(H,18,21). The number of aromatic nitrogens is 3. The number of nitrogens with zero attached hydrogens (tertiary/aromatic N) is 3. The van der Waals surface area contributed by atoms with E-state index in [1.807, 2.05) is 30.3 Å². The van der Waals surface area contributed by atoms with Crippen molar-refractivity contribution >= 4 is 39.9 Å². The molecule has 24 heavy (non-hydrogen) atoms. The van der Waals surface area contributed by atoms with E-state index in [2.05, 4.69) is 15.5 Å². The maximum atomic E-state index is 12.1. The molecule has 0 saturated heterocycles. The number of carbonyl (C=O) groups is 2. The molecule has 3 rings (SSSR count). The van der Waals surface area contributed by atoms with E-state index in [0.29, 0.717) is 15.7 Å². The first-order valence-electron chi connectivity index (χ1n) is 6.90. The third-order valence-corrected chi connectivity index (χ3v) is 4.84. The summed E-state index contributed by atoms with van der Waals surface area (Å²) in [6.45, 7) is 0. The summed E-state index contributed by atoms with van der Waals surface area (Å²) >= 11 is 2.51. The SMILES string of the molecule is NC(=O)c1ccsc1NC(=O)CSc1nncn1-c1ccccc1. The number of thioether (sulfide) groups is 1. The third-order valence-electron chi connectivity index (χ3n) is 3.07. The van der Waals surface area contributed by atoms with Crippen LogP contribution in [0.3, 0.4) is 0 Å². The summed E-state index contributed by atoms with van der Waals surface area (Å²) < 4.78 is 1.80. The van der Waals surface area contributed by atoms with Crippen molar-refractivity contribution in [1.82, 2.24) is 14.8 Å². The van der Waals surface area contributed by atoms with Crippen LogP contribution in [0.2, 0.25) is 0 Å². The summed E-state index contributed by atoms with van der Waals surface area (Å²) in [5, 5.41) is 13.4. The number of primary amides is 1. The second kappa shape index (κ2) is 7.28. The summed E-state index contributed by atoms with van der Waals surface area (Å²) in [4.78, 5) is 23.4. The zero-order valence-electron chi connectivity index (χ0n) is 12.4. The number of thiophene rings is 1. The Morgan fingerprint density at radius 2 is 2.04 bits per heavy atom. The predicted octanol–water partition coefficient (Wildman–Crippen LogP) is 2.16. The lowest BCUT2D eigenvalue weighted by atomic mass is 10.3. The van der Waals surface area contributed by atoms with Crippen LogP contribution in [-0.4, -0.2) is 32.3 Å². The largest absolute Gasteiger partial charge is 0.366 e. The van der Waals surface area contributed by atoms with Gasteiger partial charge in [-0.25, -0.2) is 0 Å². The van der Waals surface area contributed by atoms with E-state index in [1.54, 1.807) is 22.3 Å². The molecule has 2 heterocycles. The highest BCUT2D eigenvalue weighted by Crippen LogP contribution is 2.24. The Morgan fingerprint density at radius 3 is 2.79 bits per heavy atom. The van der Waals surface area contributed by atoms with E-state index < -0.39 is 5.91 Å². The van der Waals surface area contributed by atoms with Crippen LogP contribution in [-0.2, 0) is 4.79 Å². The van der Waals surface area contributed by atoms with Crippen molar-refractivity contribution in [3.63, 3.8) is 0 Å². The smallest absolute Gasteiger partial charge is 0.251 e. The monoisotopic (exact) mass is 359 g/mol. The Morgan fingerprint density at radius 1 is 1.25 bits per heavy atom. The molecule has 7 nitrogen and oxygen atoms in total. The third kappa shape index (κ3) is 3.63. The lowest BCUT2D eigenvalue weighted by Gasteiger charge is -2.06. The van der Waals surface area contributed by atoms with E-state index in [0.717, 1.165) is 5.69 Å². The number of rotatable bonds is 6. The highest BCUT2D eigenvalue weighted by atomic mass is 32.2. The predicted molar refractivity (Wildman–Crippen MR) is 93.5 cm³/mol. The van der Waals surface area contributed by atoms with Gasteiger partial charge in [-0.2, -0.15) is 0 Å². The van der Waals surface area contributed by atoms with Gasteiger partial charge in [0.2, 0.25) is 5.91 Å². The average molecular weight is 359 g/mol. The quantitative estimate of drug-likeness (QED) is 0.657. The molecule has 0 atom stereocenters. The molecular formula is C15H13N5O2S2. The van der Waals surface area contributed by atoms with Crippen LogP contribution >= 0.6 is 23.1 Å². The molecule has 3 aromatic rings. The van der Waals surface area contributed by atoms with Crippen LogP contribution < -0.4 is 11.1 Å². The molecule has 0 radical (unpaired) electrons. The highest BCUT2D eigenvalue weighted by Gasteiger charge is 2.14. The van der Waals surface area contributed by atoms with Crippen LogP contribution in [0.1, 0.15) is 10.4 Å². The highest BCUT2D eigenvalue weighted by molar-refractivity contribution is 7.99. The molecule has 2 amide bonds. The van der Waals surface area contributed by atoms with E-state index in [1.165, 1.54) is 23.1 Å². The van der Waals surface area contributed by atoms with Gasteiger partial charge in [-0.05, 0) is 23.6 Å². The number of benzene rings is 1. The van der Waals surface area contributed by atoms with Gasteiger partial charge in [0, 0.05) is 5.69 Å². The van der Waals surface area contributed by atoms with E-state index in [9.17, 15) is 9.59 Å². The van der Waals surface area contributed by atoms with Crippen molar-refractivity contribution in [2.45, 2.75) is 5.16 Å². The van der Waals surface area contributed by atoms with Gasteiger partial charge in [0.1, 0.15) is 11.3 Å². The summed E-state index contributed by atoms with van der Waals surface area (Å²) in [6.07, 6.45) is 1.60. The van der Waals surface area contributed by atoms with Crippen LogP contribution in [0.5, 0.6) is 0 Å². The van der Waals surface area contributed by atoms with Gasteiger partial charge in [-0.15, -0.1) is 21.5 Å². The number of hydrogen-bond donors (Lipinski definition) is 2. The average Bonchev–Trinajstić information content (AvgIpc) is 3.22. The van der Waals surface area contributed by atoms with E-state index >= 15 is 0 Å². The molecule has 0 aliphatic heterocycles. The molecule has 9 heteroatoms. The Kier molecular flexibility index (Phi) is 4.92. The first kappa shape index (κ1) is 16.2. The molecule has 122 valence electrons. The van der Waals surface area contributed by atoms with Crippen molar-refractivity contribution in [2.24, 2.45) is 5.73 Å². The number of carbonyl (C=O) groups excluding carboxylic acids is 2. The molecule has 0 fully saturated rings. The van der Waals surface area contributed by atoms with Crippen LogP contribution in [0.15, 0.2) is 53.3 Å². The number of nitrogens with one attached hydrogen (secondary N) is 1. The second-order valence-corrected chi connectivity index (χ2v) is 6.54. The normalized spacial score (nSPS) is 10.5. The number of amides is 2. The summed E-state index contributed by atoms with van der Waals surface area (Å²) in [5.74, 6) is -0.669. The summed E-state index contributed by atoms with van der Waals surface area (Å²) in [7, 11) is 0. The van der Waals surface area contributed by atoms with Crippen molar-refractivity contribution < 1.29 is 9.59 Å². The fraction of sp³-hybridized carbons (Fsp3) is 0.0667. The minimum Gasteiger partial charge on any atom is -0.366 e. The maximum Gasteiger partial charge on any atom is 0.251 e. The van der Waals surface area contributed by atoms with Crippen LogP contribution in [0.25, 0.3) is 5.69 Å². The lowest BCUT2D eigenvalue weighted by molar-refractivity contribution is -0.113. The molecule has 0 aliphatic rings. The fourth-order valence-electron chi connectivity index (χ4n) is 1.98. The van der Waals surface area contributed by atoms with Crippen molar-refractivity contribution in [3.05, 3.63) is 53.7 Å². The van der Waals surface area contributed by atoms with Gasteiger partial charge in [0.15, 0.2) is 5.16 Å². The Balaban J connectivity index is 1.64. The van der Waals surface area contributed by atoms with E-state index in [4.69, 9.17) is 5.73 Å². The zero-order valence-corrected chi connectivity index (χ0v) is 14.0.